The fourth-order valence-electron chi connectivity index (χ4n) is 3.21. The average molecular weight is 405 g/mol. The summed E-state index contributed by atoms with van der Waals surface area (Å²) in [6, 6.07) is 4.12. The third-order valence-corrected chi connectivity index (χ3v) is 4.85. The zero-order valence-corrected chi connectivity index (χ0v) is 19.1. The largest absolute Gasteiger partial charge is 0.493 e. The second kappa shape index (κ2) is 15.9. The molecule has 0 saturated heterocycles. The van der Waals surface area contributed by atoms with Crippen LogP contribution in [0, 0.1) is 13.8 Å². The van der Waals surface area contributed by atoms with Gasteiger partial charge in [0.15, 0.2) is 0 Å². The van der Waals surface area contributed by atoms with E-state index in [-0.39, 0.29) is 0 Å². The van der Waals surface area contributed by atoms with Gasteiger partial charge in [0.1, 0.15) is 25.2 Å². The lowest BCUT2D eigenvalue weighted by Crippen LogP contribution is -2.26. The van der Waals surface area contributed by atoms with Crippen molar-refractivity contribution in [1.82, 2.24) is 4.90 Å². The molecule has 164 valence electrons. The van der Waals surface area contributed by atoms with Crippen LogP contribution in [-0.2, 0) is 4.84 Å². The number of allylic oxidation sites excluding steroid dienone is 1. The summed E-state index contributed by atoms with van der Waals surface area (Å²) in [5.41, 5.74) is 2.27. The lowest BCUT2D eigenvalue weighted by molar-refractivity contribution is 0.212. The second-order valence-electron chi connectivity index (χ2n) is 7.25. The second-order valence-corrected chi connectivity index (χ2v) is 7.25. The molecule has 1 rings (SSSR count). The van der Waals surface area contributed by atoms with Crippen molar-refractivity contribution in [3.05, 3.63) is 35.4 Å². The molecule has 0 aliphatic rings. The van der Waals surface area contributed by atoms with E-state index in [1.165, 1.54) is 25.7 Å². The van der Waals surface area contributed by atoms with E-state index in [0.717, 1.165) is 55.3 Å². The highest BCUT2D eigenvalue weighted by molar-refractivity contribution is 5.58. The maximum Gasteiger partial charge on any atom is 0.125 e. The maximum absolute atomic E-state index is 6.06. The van der Waals surface area contributed by atoms with Crippen molar-refractivity contribution in [3.63, 3.8) is 0 Å². The summed E-state index contributed by atoms with van der Waals surface area (Å²) in [5.74, 6) is 1.90. The van der Waals surface area contributed by atoms with E-state index in [0.29, 0.717) is 6.61 Å². The normalized spacial score (nSPS) is 11.7. The Bertz CT molecular complexity index is 591. The van der Waals surface area contributed by atoms with Crippen LogP contribution in [0.5, 0.6) is 11.5 Å². The standard InChI is InChI=1S/C24H40N2O3/c1-6-8-17-28-23-19-21(3)24(22(4)20-23)29-18-13-11-9-10-12-15-26(7-2)16-14-25-27-5/h6,8,14,19-20H,7,9-13,15-18H2,1-5H3/b8-6+,25-14+. The molecule has 0 saturated carbocycles. The van der Waals surface area contributed by atoms with E-state index in [9.17, 15) is 0 Å². The van der Waals surface area contributed by atoms with Gasteiger partial charge in [-0.2, -0.15) is 0 Å². The molecule has 0 radical (unpaired) electrons. The van der Waals surface area contributed by atoms with Crippen molar-refractivity contribution in [3.8, 4) is 11.5 Å². The molecular formula is C24H40N2O3. The number of benzene rings is 1. The van der Waals surface area contributed by atoms with Crippen LogP contribution < -0.4 is 9.47 Å². The Morgan fingerprint density at radius 3 is 2.34 bits per heavy atom. The van der Waals surface area contributed by atoms with Crippen LogP contribution in [0.2, 0.25) is 0 Å². The predicted molar refractivity (Wildman–Crippen MR) is 122 cm³/mol. The van der Waals surface area contributed by atoms with Crippen LogP contribution in [0.15, 0.2) is 29.4 Å². The minimum absolute atomic E-state index is 0.604. The molecule has 0 aliphatic heterocycles. The Labute approximate surface area is 177 Å². The molecule has 0 heterocycles. The van der Waals surface area contributed by atoms with E-state index in [1.807, 2.05) is 25.3 Å². The SMILES string of the molecule is C/C=C/COc1cc(C)c(OCCCCCCCN(CC)C/C=N/OC)c(C)c1. The van der Waals surface area contributed by atoms with Crippen LogP contribution in [0.4, 0.5) is 0 Å². The zero-order chi connectivity index (χ0) is 21.3. The first-order valence-corrected chi connectivity index (χ1v) is 10.9. The summed E-state index contributed by atoms with van der Waals surface area (Å²) >= 11 is 0. The molecule has 1 aromatic rings. The zero-order valence-electron chi connectivity index (χ0n) is 19.1. The van der Waals surface area contributed by atoms with Gasteiger partial charge >= 0.3 is 0 Å². The molecular weight excluding hydrogens is 364 g/mol. The molecule has 29 heavy (non-hydrogen) atoms. The van der Waals surface area contributed by atoms with E-state index >= 15 is 0 Å². The molecule has 0 aliphatic carbocycles. The molecule has 0 atom stereocenters. The van der Waals surface area contributed by atoms with Gasteiger partial charge in [0.2, 0.25) is 0 Å². The van der Waals surface area contributed by atoms with Gasteiger partial charge in [-0.05, 0) is 70.0 Å². The molecule has 5 heteroatoms. The highest BCUT2D eigenvalue weighted by Gasteiger charge is 2.07. The molecule has 0 amide bonds. The number of unbranched alkanes of at least 4 members (excludes halogenated alkanes) is 4. The van der Waals surface area contributed by atoms with Crippen LogP contribution in [-0.4, -0.2) is 51.1 Å². The maximum atomic E-state index is 6.06. The summed E-state index contributed by atoms with van der Waals surface area (Å²) < 4.78 is 11.8. The van der Waals surface area contributed by atoms with Crippen LogP contribution >= 0.6 is 0 Å². The van der Waals surface area contributed by atoms with E-state index < -0.39 is 0 Å². The Morgan fingerprint density at radius 1 is 1.00 bits per heavy atom. The molecule has 0 spiro atoms. The third-order valence-electron chi connectivity index (χ3n) is 4.85. The molecule has 0 bridgehead atoms. The average Bonchev–Trinajstić information content (AvgIpc) is 2.70. The van der Waals surface area contributed by atoms with E-state index in [1.54, 1.807) is 7.11 Å². The number of nitrogens with zero attached hydrogens (tertiary/aromatic N) is 2. The minimum atomic E-state index is 0.604. The molecule has 0 aromatic heterocycles. The molecule has 0 unspecified atom stereocenters. The van der Waals surface area contributed by atoms with Gasteiger partial charge in [0.25, 0.3) is 0 Å². The highest BCUT2D eigenvalue weighted by atomic mass is 16.6. The van der Waals surface area contributed by atoms with Crippen molar-refractivity contribution in [2.24, 2.45) is 5.16 Å². The summed E-state index contributed by atoms with van der Waals surface area (Å²) in [5, 5.41) is 3.81. The van der Waals surface area contributed by atoms with Gasteiger partial charge in [0.05, 0.1) is 12.8 Å². The quantitative estimate of drug-likeness (QED) is 0.157. The van der Waals surface area contributed by atoms with E-state index in [2.05, 4.69) is 43.0 Å². The lowest BCUT2D eigenvalue weighted by Gasteiger charge is -2.17. The van der Waals surface area contributed by atoms with Gasteiger partial charge in [-0.3, -0.25) is 4.90 Å². The van der Waals surface area contributed by atoms with Gasteiger partial charge in [-0.25, -0.2) is 0 Å². The number of hydrogen-bond acceptors (Lipinski definition) is 5. The van der Waals surface area contributed by atoms with E-state index in [4.69, 9.17) is 14.3 Å². The highest BCUT2D eigenvalue weighted by Crippen LogP contribution is 2.28. The van der Waals surface area contributed by atoms with Gasteiger partial charge in [-0.15, -0.1) is 0 Å². The summed E-state index contributed by atoms with van der Waals surface area (Å²) in [7, 11) is 1.58. The van der Waals surface area contributed by atoms with Crippen LogP contribution in [0.1, 0.15) is 57.1 Å². The van der Waals surface area contributed by atoms with Gasteiger partial charge in [0, 0.05) is 6.54 Å². The van der Waals surface area contributed by atoms with Crippen molar-refractivity contribution < 1.29 is 14.3 Å². The Morgan fingerprint density at radius 2 is 1.69 bits per heavy atom. The number of ether oxygens (including phenoxy) is 2. The first-order valence-electron chi connectivity index (χ1n) is 10.9. The fourth-order valence-corrected chi connectivity index (χ4v) is 3.21. The molecule has 1 aromatic carbocycles. The molecule has 5 nitrogen and oxygen atoms in total. The molecule has 0 N–H and O–H groups in total. The number of rotatable bonds is 16. The number of aryl methyl sites for hydroxylation is 2. The Kier molecular flexibility index (Phi) is 13.7. The van der Waals surface area contributed by atoms with Gasteiger partial charge < -0.3 is 14.3 Å². The van der Waals surface area contributed by atoms with Crippen LogP contribution in [0.25, 0.3) is 0 Å². The van der Waals surface area contributed by atoms with Crippen LogP contribution in [0.3, 0.4) is 0 Å². The monoisotopic (exact) mass is 404 g/mol. The van der Waals surface area contributed by atoms with Crippen molar-refractivity contribution in [2.45, 2.75) is 59.8 Å². The Balaban J connectivity index is 2.20. The first-order chi connectivity index (χ1) is 14.1. The third kappa shape index (κ3) is 10.9. The fraction of sp³-hybridized carbons (Fsp3) is 0.625. The minimum Gasteiger partial charge on any atom is -0.493 e. The summed E-state index contributed by atoms with van der Waals surface area (Å²) in [6.45, 7) is 12.7. The topological polar surface area (TPSA) is 43.3 Å². The number of hydrogen-bond donors (Lipinski definition) is 0. The van der Waals surface area contributed by atoms with Crippen molar-refractivity contribution in [2.75, 3.05) is 40.0 Å². The first kappa shape index (κ1) is 25.0. The van der Waals surface area contributed by atoms with Gasteiger partial charge in [-0.1, -0.05) is 43.5 Å². The smallest absolute Gasteiger partial charge is 0.125 e. The number of oxime groups is 1. The van der Waals surface area contributed by atoms with Crippen molar-refractivity contribution in [1.29, 1.82) is 0 Å². The lowest BCUT2D eigenvalue weighted by atomic mass is 10.1. The summed E-state index contributed by atoms with van der Waals surface area (Å²) in [6.07, 6.45) is 11.9. The molecule has 0 fully saturated rings. The Hall–Kier alpha value is -2.01. The summed E-state index contributed by atoms with van der Waals surface area (Å²) in [4.78, 5) is 7.09. The predicted octanol–water partition coefficient (Wildman–Crippen LogP) is 5.54. The van der Waals surface area contributed by atoms with Crippen molar-refractivity contribution >= 4 is 6.21 Å².